The monoisotopic (exact) mass is 306 g/mol. The van der Waals surface area contributed by atoms with Crippen molar-refractivity contribution < 1.29 is 4.74 Å². The highest BCUT2D eigenvalue weighted by atomic mass is 79.9. The average Bonchev–Trinajstić information content (AvgIpc) is 2.47. The fraction of sp³-hybridized carbons (Fsp3) is 0.357. The molecular weight excluding hydrogens is 292 g/mol. The van der Waals surface area contributed by atoms with Gasteiger partial charge in [0.25, 0.3) is 0 Å². The molecule has 2 heterocycles. The van der Waals surface area contributed by atoms with Crippen LogP contribution in [-0.4, -0.2) is 36.1 Å². The molecule has 0 saturated carbocycles. The van der Waals surface area contributed by atoms with E-state index in [0.29, 0.717) is 0 Å². The lowest BCUT2D eigenvalue weighted by atomic mass is 10.2. The van der Waals surface area contributed by atoms with E-state index in [9.17, 15) is 0 Å². The predicted octanol–water partition coefficient (Wildman–Crippen LogP) is 2.83. The summed E-state index contributed by atoms with van der Waals surface area (Å²) >= 11 is 3.48. The van der Waals surface area contributed by atoms with Crippen LogP contribution in [0.4, 0.5) is 5.82 Å². The van der Waals surface area contributed by atoms with Crippen molar-refractivity contribution >= 4 is 32.7 Å². The predicted molar refractivity (Wildman–Crippen MR) is 77.5 cm³/mol. The Hall–Kier alpha value is -1.13. The van der Waals surface area contributed by atoms with E-state index in [2.05, 4.69) is 45.1 Å². The van der Waals surface area contributed by atoms with Gasteiger partial charge in [0.15, 0.2) is 0 Å². The first-order valence-electron chi connectivity index (χ1n) is 6.15. The number of para-hydroxylation sites is 1. The first-order chi connectivity index (χ1) is 8.86. The van der Waals surface area contributed by atoms with E-state index in [4.69, 9.17) is 9.72 Å². The number of hydrogen-bond acceptors (Lipinski definition) is 3. The lowest BCUT2D eigenvalue weighted by Gasteiger charge is -2.33. The molecule has 0 aliphatic carbocycles. The third kappa shape index (κ3) is 2.35. The number of rotatable bonds is 2. The van der Waals surface area contributed by atoms with Crippen LogP contribution in [0.2, 0.25) is 0 Å². The van der Waals surface area contributed by atoms with Crippen LogP contribution in [0.1, 0.15) is 0 Å². The molecule has 0 radical (unpaired) electrons. The van der Waals surface area contributed by atoms with Gasteiger partial charge in [0.1, 0.15) is 5.82 Å². The van der Waals surface area contributed by atoms with Crippen LogP contribution in [0.5, 0.6) is 0 Å². The summed E-state index contributed by atoms with van der Waals surface area (Å²) in [6, 6.07) is 12.4. The van der Waals surface area contributed by atoms with Gasteiger partial charge in [-0.15, -0.1) is 0 Å². The summed E-state index contributed by atoms with van der Waals surface area (Å²) in [5, 5.41) is 2.06. The standard InChI is InChI=1S/C14H15BrN2O/c15-9-12-10-17(7-8-18-12)14-6-5-11-3-1-2-4-13(11)16-14/h1-6,12H,7-10H2. The Kier molecular flexibility index (Phi) is 3.48. The van der Waals surface area contributed by atoms with E-state index in [1.54, 1.807) is 0 Å². The van der Waals surface area contributed by atoms with Crippen molar-refractivity contribution in [1.29, 1.82) is 0 Å². The highest BCUT2D eigenvalue weighted by Gasteiger charge is 2.20. The minimum atomic E-state index is 0.257. The number of alkyl halides is 1. The van der Waals surface area contributed by atoms with Gasteiger partial charge in [-0.1, -0.05) is 34.1 Å². The first-order valence-corrected chi connectivity index (χ1v) is 7.27. The second-order valence-electron chi connectivity index (χ2n) is 4.46. The van der Waals surface area contributed by atoms with Gasteiger partial charge in [-0.05, 0) is 18.2 Å². The molecule has 1 aromatic heterocycles. The van der Waals surface area contributed by atoms with Crippen molar-refractivity contribution in [2.45, 2.75) is 6.10 Å². The molecule has 1 fully saturated rings. The summed E-state index contributed by atoms with van der Waals surface area (Å²) in [4.78, 5) is 7.02. The first kappa shape index (κ1) is 11.9. The molecule has 3 nitrogen and oxygen atoms in total. The van der Waals surface area contributed by atoms with Gasteiger partial charge in [-0.3, -0.25) is 0 Å². The number of anilines is 1. The van der Waals surface area contributed by atoms with Crippen molar-refractivity contribution in [1.82, 2.24) is 4.98 Å². The third-order valence-electron chi connectivity index (χ3n) is 3.22. The number of hydrogen-bond donors (Lipinski definition) is 0. The molecule has 3 rings (SSSR count). The normalized spacial score (nSPS) is 20.3. The van der Waals surface area contributed by atoms with Gasteiger partial charge >= 0.3 is 0 Å². The Morgan fingerprint density at radius 2 is 2.17 bits per heavy atom. The summed E-state index contributed by atoms with van der Waals surface area (Å²) in [5.74, 6) is 1.04. The van der Waals surface area contributed by atoms with Gasteiger partial charge < -0.3 is 9.64 Å². The van der Waals surface area contributed by atoms with Gasteiger partial charge in [0.2, 0.25) is 0 Å². The van der Waals surface area contributed by atoms with Crippen molar-refractivity contribution in [2.24, 2.45) is 0 Å². The number of fused-ring (bicyclic) bond motifs is 1. The second kappa shape index (κ2) is 5.24. The zero-order chi connectivity index (χ0) is 12.4. The Morgan fingerprint density at radius 3 is 3.06 bits per heavy atom. The molecule has 0 bridgehead atoms. The maximum atomic E-state index is 5.65. The van der Waals surface area contributed by atoms with Crippen molar-refractivity contribution in [3.05, 3.63) is 36.4 Å². The van der Waals surface area contributed by atoms with Crippen LogP contribution in [0, 0.1) is 0 Å². The molecule has 0 N–H and O–H groups in total. The highest BCUT2D eigenvalue weighted by Crippen LogP contribution is 2.20. The number of pyridine rings is 1. The molecule has 18 heavy (non-hydrogen) atoms. The second-order valence-corrected chi connectivity index (χ2v) is 5.10. The fourth-order valence-corrected chi connectivity index (χ4v) is 2.64. The minimum Gasteiger partial charge on any atom is -0.374 e. The lowest BCUT2D eigenvalue weighted by Crippen LogP contribution is -2.43. The molecular formula is C14H15BrN2O. The van der Waals surface area contributed by atoms with Gasteiger partial charge in [-0.25, -0.2) is 4.98 Å². The summed E-state index contributed by atoms with van der Waals surface area (Å²) in [5.41, 5.74) is 1.05. The minimum absolute atomic E-state index is 0.257. The molecule has 94 valence electrons. The third-order valence-corrected chi connectivity index (χ3v) is 3.94. The van der Waals surface area contributed by atoms with Crippen LogP contribution >= 0.6 is 15.9 Å². The molecule has 1 saturated heterocycles. The van der Waals surface area contributed by atoms with E-state index in [1.807, 2.05) is 12.1 Å². The number of morpholine rings is 1. The van der Waals surface area contributed by atoms with E-state index in [0.717, 1.165) is 36.4 Å². The number of benzene rings is 1. The van der Waals surface area contributed by atoms with Crippen LogP contribution in [0.25, 0.3) is 10.9 Å². The fourth-order valence-electron chi connectivity index (χ4n) is 2.25. The number of halogens is 1. The van der Waals surface area contributed by atoms with Gasteiger partial charge in [-0.2, -0.15) is 0 Å². The molecule has 1 aromatic carbocycles. The molecule has 4 heteroatoms. The summed E-state index contributed by atoms with van der Waals surface area (Å²) < 4.78 is 5.65. The van der Waals surface area contributed by atoms with Crippen LogP contribution in [0.3, 0.4) is 0 Å². The van der Waals surface area contributed by atoms with Crippen LogP contribution < -0.4 is 4.90 Å². The largest absolute Gasteiger partial charge is 0.374 e. The Morgan fingerprint density at radius 1 is 1.28 bits per heavy atom. The highest BCUT2D eigenvalue weighted by molar-refractivity contribution is 9.09. The number of aromatic nitrogens is 1. The SMILES string of the molecule is BrCC1CN(c2ccc3ccccc3n2)CCO1. The van der Waals surface area contributed by atoms with Gasteiger partial charge in [0, 0.05) is 23.8 Å². The summed E-state index contributed by atoms with van der Waals surface area (Å²) in [7, 11) is 0. The molecule has 2 aromatic rings. The number of ether oxygens (including phenoxy) is 1. The van der Waals surface area contributed by atoms with E-state index >= 15 is 0 Å². The Balaban J connectivity index is 1.89. The maximum absolute atomic E-state index is 5.65. The average molecular weight is 307 g/mol. The molecule has 1 unspecified atom stereocenters. The topological polar surface area (TPSA) is 25.4 Å². The van der Waals surface area contributed by atoms with Crippen molar-refractivity contribution in [2.75, 3.05) is 29.9 Å². The molecule has 1 aliphatic rings. The van der Waals surface area contributed by atoms with Crippen molar-refractivity contribution in [3.8, 4) is 0 Å². The molecule has 0 spiro atoms. The summed E-state index contributed by atoms with van der Waals surface area (Å²) in [6.45, 7) is 2.58. The van der Waals surface area contributed by atoms with Gasteiger partial charge in [0.05, 0.1) is 18.2 Å². The Labute approximate surface area is 115 Å². The quantitative estimate of drug-likeness (QED) is 0.798. The Bertz CT molecular complexity index is 546. The van der Waals surface area contributed by atoms with Crippen molar-refractivity contribution in [3.63, 3.8) is 0 Å². The summed E-state index contributed by atoms with van der Waals surface area (Å²) in [6.07, 6.45) is 0.257. The molecule has 1 atom stereocenters. The van der Waals surface area contributed by atoms with E-state index in [-0.39, 0.29) is 6.10 Å². The van der Waals surface area contributed by atoms with Crippen LogP contribution in [-0.2, 0) is 4.74 Å². The lowest BCUT2D eigenvalue weighted by molar-refractivity contribution is 0.0568. The smallest absolute Gasteiger partial charge is 0.129 e. The zero-order valence-corrected chi connectivity index (χ0v) is 11.6. The molecule has 0 amide bonds. The van der Waals surface area contributed by atoms with E-state index < -0.39 is 0 Å². The molecule has 1 aliphatic heterocycles. The number of nitrogens with zero attached hydrogens (tertiary/aromatic N) is 2. The maximum Gasteiger partial charge on any atom is 0.129 e. The van der Waals surface area contributed by atoms with Crippen LogP contribution in [0.15, 0.2) is 36.4 Å². The van der Waals surface area contributed by atoms with E-state index in [1.165, 1.54) is 5.39 Å². The zero-order valence-electron chi connectivity index (χ0n) is 10.1.